The molecule has 7 nitrogen and oxygen atoms in total. The number of piperidine rings is 1. The van der Waals surface area contributed by atoms with Crippen LogP contribution in [-0.4, -0.2) is 52.2 Å². The molecule has 0 radical (unpaired) electrons. The van der Waals surface area contributed by atoms with Crippen LogP contribution < -0.4 is 0 Å². The van der Waals surface area contributed by atoms with Gasteiger partial charge in [0.15, 0.2) is 0 Å². The van der Waals surface area contributed by atoms with Crippen LogP contribution in [0, 0.1) is 12.8 Å². The van der Waals surface area contributed by atoms with Gasteiger partial charge in [-0.25, -0.2) is 4.68 Å². The van der Waals surface area contributed by atoms with Crippen molar-refractivity contribution in [2.24, 2.45) is 5.92 Å². The minimum absolute atomic E-state index is 0.0874. The average molecular weight is 371 g/mol. The second kappa shape index (κ2) is 8.33. The molecule has 1 atom stereocenters. The third-order valence-electron chi connectivity index (χ3n) is 5.01. The molecular weight excluding hydrogens is 346 g/mol. The number of carbonyl (C=O) groups is 3. The van der Waals surface area contributed by atoms with Crippen LogP contribution in [0.2, 0.25) is 0 Å². The van der Waals surface area contributed by atoms with E-state index in [-0.39, 0.29) is 36.5 Å². The fourth-order valence-electron chi connectivity index (χ4n) is 3.53. The Morgan fingerprint density at radius 1 is 1.22 bits per heavy atom. The number of carbonyl (C=O) groups excluding carboxylic acids is 3. The summed E-state index contributed by atoms with van der Waals surface area (Å²) >= 11 is 0. The van der Waals surface area contributed by atoms with Crippen LogP contribution in [0.25, 0.3) is 10.9 Å². The second-order valence-electron chi connectivity index (χ2n) is 6.89. The fraction of sp³-hybridized carbons (Fsp3) is 0.500. The Bertz CT molecular complexity index is 858. The van der Waals surface area contributed by atoms with Crippen molar-refractivity contribution in [1.29, 1.82) is 0 Å². The summed E-state index contributed by atoms with van der Waals surface area (Å²) in [6, 6.07) is 5.71. The minimum atomic E-state index is -0.267. The Hall–Kier alpha value is -2.70. The van der Waals surface area contributed by atoms with E-state index in [1.165, 1.54) is 4.68 Å². The van der Waals surface area contributed by atoms with E-state index in [4.69, 9.17) is 4.74 Å². The maximum Gasteiger partial charge on any atom is 0.310 e. The first-order chi connectivity index (χ1) is 13.0. The number of hydrogen-bond donors (Lipinski definition) is 0. The van der Waals surface area contributed by atoms with Gasteiger partial charge in [0, 0.05) is 31.3 Å². The first-order valence-electron chi connectivity index (χ1n) is 9.42. The fourth-order valence-corrected chi connectivity index (χ4v) is 3.53. The molecule has 1 aromatic carbocycles. The van der Waals surface area contributed by atoms with Crippen molar-refractivity contribution in [3.05, 3.63) is 30.0 Å². The van der Waals surface area contributed by atoms with Crippen LogP contribution in [0.5, 0.6) is 0 Å². The highest BCUT2D eigenvalue weighted by atomic mass is 16.5. The third kappa shape index (κ3) is 4.18. The molecule has 0 bridgehead atoms. The number of ether oxygens (including phenoxy) is 1. The summed E-state index contributed by atoms with van der Waals surface area (Å²) in [5, 5.41) is 5.12. The van der Waals surface area contributed by atoms with E-state index in [1.54, 1.807) is 18.0 Å². The molecule has 2 heterocycles. The number of hydrogen-bond acceptors (Lipinski definition) is 5. The van der Waals surface area contributed by atoms with Gasteiger partial charge in [0.1, 0.15) is 0 Å². The molecule has 144 valence electrons. The van der Waals surface area contributed by atoms with E-state index < -0.39 is 0 Å². The first-order valence-corrected chi connectivity index (χ1v) is 9.42. The second-order valence-corrected chi connectivity index (χ2v) is 6.89. The lowest BCUT2D eigenvalue weighted by molar-refractivity contribution is -0.151. The summed E-state index contributed by atoms with van der Waals surface area (Å²) in [4.78, 5) is 38.6. The number of benzene rings is 1. The topological polar surface area (TPSA) is 81.5 Å². The SMILES string of the molecule is CCOC(=O)C1CCCN(C(=O)CCC(=O)n2ncc3c(C)cccc32)C1. The molecule has 0 N–H and O–H groups in total. The Morgan fingerprint density at radius 3 is 2.78 bits per heavy atom. The standard InChI is InChI=1S/C20H25N3O4/c1-3-27-20(26)15-7-5-11-22(13-15)18(24)9-10-19(25)23-17-8-4-6-14(2)16(17)12-21-23/h4,6,8,12,15H,3,5,7,9-11,13H2,1-2H3. The van der Waals surface area contributed by atoms with Crippen LogP contribution in [-0.2, 0) is 14.3 Å². The van der Waals surface area contributed by atoms with Crippen LogP contribution in [0.1, 0.15) is 43.0 Å². The van der Waals surface area contributed by atoms with Crippen LogP contribution in [0.4, 0.5) is 0 Å². The van der Waals surface area contributed by atoms with Crippen molar-refractivity contribution in [1.82, 2.24) is 14.7 Å². The molecule has 0 spiro atoms. The van der Waals surface area contributed by atoms with Crippen molar-refractivity contribution < 1.29 is 19.1 Å². The summed E-state index contributed by atoms with van der Waals surface area (Å²) in [7, 11) is 0. The van der Waals surface area contributed by atoms with E-state index in [0.717, 1.165) is 29.3 Å². The van der Waals surface area contributed by atoms with Gasteiger partial charge in [-0.1, -0.05) is 12.1 Å². The molecule has 2 aromatic rings. The van der Waals surface area contributed by atoms with Gasteiger partial charge < -0.3 is 9.64 Å². The number of likely N-dealkylation sites (tertiary alicyclic amines) is 1. The van der Waals surface area contributed by atoms with Gasteiger partial charge in [0.25, 0.3) is 0 Å². The number of rotatable bonds is 5. The normalized spacial score (nSPS) is 17.1. The predicted octanol–water partition coefficient (Wildman–Crippen LogP) is 2.57. The van der Waals surface area contributed by atoms with Crippen molar-refractivity contribution in [2.45, 2.75) is 39.5 Å². The molecule has 1 unspecified atom stereocenters. The minimum Gasteiger partial charge on any atom is -0.466 e. The lowest BCUT2D eigenvalue weighted by atomic mass is 9.98. The summed E-state index contributed by atoms with van der Waals surface area (Å²) < 4.78 is 6.43. The smallest absolute Gasteiger partial charge is 0.310 e. The van der Waals surface area contributed by atoms with Crippen LogP contribution >= 0.6 is 0 Å². The third-order valence-corrected chi connectivity index (χ3v) is 5.01. The number of amides is 1. The van der Waals surface area contributed by atoms with Gasteiger partial charge in [0.05, 0.1) is 24.2 Å². The number of fused-ring (bicyclic) bond motifs is 1. The number of nitrogens with zero attached hydrogens (tertiary/aromatic N) is 3. The van der Waals surface area contributed by atoms with E-state index in [0.29, 0.717) is 19.7 Å². The van der Waals surface area contributed by atoms with Crippen molar-refractivity contribution in [3.63, 3.8) is 0 Å². The molecule has 1 aromatic heterocycles. The van der Waals surface area contributed by atoms with Gasteiger partial charge in [-0.15, -0.1) is 0 Å². The predicted molar refractivity (Wildman–Crippen MR) is 100 cm³/mol. The zero-order valence-electron chi connectivity index (χ0n) is 15.8. The van der Waals surface area contributed by atoms with E-state index in [2.05, 4.69) is 5.10 Å². The highest BCUT2D eigenvalue weighted by Crippen LogP contribution is 2.20. The molecule has 1 aliphatic rings. The molecule has 0 aliphatic carbocycles. The molecule has 1 amide bonds. The van der Waals surface area contributed by atoms with Crippen molar-refractivity contribution >= 4 is 28.7 Å². The van der Waals surface area contributed by atoms with Gasteiger partial charge in [-0.3, -0.25) is 14.4 Å². The Balaban J connectivity index is 1.59. The van der Waals surface area contributed by atoms with E-state index in [1.807, 2.05) is 25.1 Å². The molecule has 1 aliphatic heterocycles. The number of esters is 1. The molecule has 1 fully saturated rings. The summed E-state index contributed by atoms with van der Waals surface area (Å²) in [6.07, 6.45) is 3.39. The quantitative estimate of drug-likeness (QED) is 0.755. The molecule has 27 heavy (non-hydrogen) atoms. The molecule has 3 rings (SSSR count). The zero-order valence-corrected chi connectivity index (χ0v) is 15.8. The summed E-state index contributed by atoms with van der Waals surface area (Å²) in [5.41, 5.74) is 1.81. The maximum atomic E-state index is 12.5. The average Bonchev–Trinajstić information content (AvgIpc) is 3.12. The highest BCUT2D eigenvalue weighted by molar-refractivity contribution is 5.93. The highest BCUT2D eigenvalue weighted by Gasteiger charge is 2.29. The van der Waals surface area contributed by atoms with Gasteiger partial charge in [-0.2, -0.15) is 5.10 Å². The summed E-state index contributed by atoms with van der Waals surface area (Å²) in [5.74, 6) is -0.825. The van der Waals surface area contributed by atoms with Gasteiger partial charge >= 0.3 is 5.97 Å². The van der Waals surface area contributed by atoms with Crippen molar-refractivity contribution in [3.8, 4) is 0 Å². The van der Waals surface area contributed by atoms with Gasteiger partial charge in [-0.05, 0) is 38.3 Å². The summed E-state index contributed by atoms with van der Waals surface area (Å²) in [6.45, 7) is 5.08. The monoisotopic (exact) mass is 371 g/mol. The molecule has 1 saturated heterocycles. The van der Waals surface area contributed by atoms with Crippen molar-refractivity contribution in [2.75, 3.05) is 19.7 Å². The first kappa shape index (κ1) is 19.1. The lowest BCUT2D eigenvalue weighted by Gasteiger charge is -2.31. The van der Waals surface area contributed by atoms with Gasteiger partial charge in [0.2, 0.25) is 11.8 Å². The van der Waals surface area contributed by atoms with Crippen LogP contribution in [0.3, 0.4) is 0 Å². The largest absolute Gasteiger partial charge is 0.466 e. The Kier molecular flexibility index (Phi) is 5.88. The zero-order chi connectivity index (χ0) is 19.4. The number of aryl methyl sites for hydroxylation is 1. The molecular formula is C20H25N3O4. The van der Waals surface area contributed by atoms with E-state index in [9.17, 15) is 14.4 Å². The molecule has 0 saturated carbocycles. The lowest BCUT2D eigenvalue weighted by Crippen LogP contribution is -2.43. The number of aromatic nitrogens is 2. The Labute approximate surface area is 158 Å². The molecule has 7 heteroatoms. The van der Waals surface area contributed by atoms with E-state index >= 15 is 0 Å². The maximum absolute atomic E-state index is 12.5. The Morgan fingerprint density at radius 2 is 2.00 bits per heavy atom. The van der Waals surface area contributed by atoms with Crippen LogP contribution in [0.15, 0.2) is 24.4 Å².